The fourth-order valence-corrected chi connectivity index (χ4v) is 3.65. The van der Waals surface area contributed by atoms with Gasteiger partial charge in [0.2, 0.25) is 5.91 Å². The number of aromatic nitrogens is 1. The molecule has 0 aliphatic rings. The average molecular weight is 358 g/mol. The van der Waals surface area contributed by atoms with Gasteiger partial charge in [0.25, 0.3) is 0 Å². The summed E-state index contributed by atoms with van der Waals surface area (Å²) in [4.78, 5) is 14.9. The molecule has 0 spiro atoms. The number of carbonyl (C=O) groups is 1. The van der Waals surface area contributed by atoms with Gasteiger partial charge in [0, 0.05) is 29.9 Å². The van der Waals surface area contributed by atoms with Crippen molar-refractivity contribution < 1.29 is 9.53 Å². The van der Waals surface area contributed by atoms with Gasteiger partial charge in [-0.3, -0.25) is 4.79 Å². The zero-order chi connectivity index (χ0) is 18.8. The summed E-state index contributed by atoms with van der Waals surface area (Å²) in [5, 5.41) is 6.45. The third-order valence-corrected chi connectivity index (χ3v) is 4.92. The lowest BCUT2D eigenvalue weighted by Crippen LogP contribution is -2.22. The summed E-state index contributed by atoms with van der Waals surface area (Å²) in [7, 11) is 1.68. The van der Waals surface area contributed by atoms with Crippen LogP contribution >= 0.6 is 0 Å². The Bertz CT molecular complexity index is 1120. The SMILES string of the molecule is COc1ccc2[nH]c(-c3cccc4ccccc34)c(CCNC(C)=O)c2c1. The molecular formula is C23H22N2O2. The van der Waals surface area contributed by atoms with Gasteiger partial charge in [-0.2, -0.15) is 0 Å². The first-order chi connectivity index (χ1) is 13.2. The molecule has 0 aliphatic heterocycles. The minimum atomic E-state index is -0.0147. The fraction of sp³-hybridized carbons (Fsp3) is 0.174. The third kappa shape index (κ3) is 3.26. The van der Waals surface area contributed by atoms with Crippen LogP contribution in [0.25, 0.3) is 32.9 Å². The maximum absolute atomic E-state index is 11.3. The number of fused-ring (bicyclic) bond motifs is 2. The Labute approximate surface area is 158 Å². The lowest BCUT2D eigenvalue weighted by atomic mass is 9.97. The highest BCUT2D eigenvalue weighted by Crippen LogP contribution is 2.36. The van der Waals surface area contributed by atoms with Crippen molar-refractivity contribution >= 4 is 27.6 Å². The second-order valence-electron chi connectivity index (χ2n) is 6.65. The summed E-state index contributed by atoms with van der Waals surface area (Å²) < 4.78 is 5.42. The van der Waals surface area contributed by atoms with Crippen molar-refractivity contribution in [3.63, 3.8) is 0 Å². The monoisotopic (exact) mass is 358 g/mol. The molecule has 136 valence electrons. The number of ether oxygens (including phenoxy) is 1. The van der Waals surface area contributed by atoms with Crippen LogP contribution in [0.3, 0.4) is 0 Å². The zero-order valence-corrected chi connectivity index (χ0v) is 15.5. The Morgan fingerprint density at radius 1 is 1.04 bits per heavy atom. The molecule has 0 bridgehead atoms. The second kappa shape index (κ2) is 7.16. The molecule has 1 amide bonds. The topological polar surface area (TPSA) is 54.1 Å². The maximum Gasteiger partial charge on any atom is 0.216 e. The average Bonchev–Trinajstić information content (AvgIpc) is 3.05. The van der Waals surface area contributed by atoms with E-state index in [0.717, 1.165) is 28.8 Å². The minimum absolute atomic E-state index is 0.0147. The molecule has 4 heteroatoms. The lowest BCUT2D eigenvalue weighted by molar-refractivity contribution is -0.118. The number of aromatic amines is 1. The van der Waals surface area contributed by atoms with Crippen molar-refractivity contribution in [1.82, 2.24) is 10.3 Å². The van der Waals surface area contributed by atoms with Gasteiger partial charge >= 0.3 is 0 Å². The van der Waals surface area contributed by atoms with Crippen molar-refractivity contribution in [3.8, 4) is 17.0 Å². The third-order valence-electron chi connectivity index (χ3n) is 4.92. The van der Waals surface area contributed by atoms with Gasteiger partial charge in [-0.05, 0) is 41.0 Å². The van der Waals surface area contributed by atoms with E-state index < -0.39 is 0 Å². The molecule has 4 nitrogen and oxygen atoms in total. The number of hydrogen-bond acceptors (Lipinski definition) is 2. The molecule has 4 aromatic rings. The largest absolute Gasteiger partial charge is 0.497 e. The second-order valence-corrected chi connectivity index (χ2v) is 6.65. The van der Waals surface area contributed by atoms with Gasteiger partial charge in [0.05, 0.1) is 12.8 Å². The number of methoxy groups -OCH3 is 1. The number of H-pyrrole nitrogens is 1. The normalized spacial score (nSPS) is 11.0. The molecule has 0 radical (unpaired) electrons. The molecule has 0 atom stereocenters. The Hall–Kier alpha value is -3.27. The number of amides is 1. The molecule has 0 fully saturated rings. The Morgan fingerprint density at radius 3 is 2.67 bits per heavy atom. The number of benzene rings is 3. The van der Waals surface area contributed by atoms with Crippen LogP contribution in [0.2, 0.25) is 0 Å². The van der Waals surface area contributed by atoms with Crippen LogP contribution in [0, 0.1) is 0 Å². The molecule has 4 rings (SSSR count). The molecule has 27 heavy (non-hydrogen) atoms. The molecule has 1 aromatic heterocycles. The Kier molecular flexibility index (Phi) is 4.55. The van der Waals surface area contributed by atoms with E-state index in [-0.39, 0.29) is 5.91 Å². The van der Waals surface area contributed by atoms with Crippen LogP contribution < -0.4 is 10.1 Å². The molecule has 0 saturated carbocycles. The van der Waals surface area contributed by atoms with Gasteiger partial charge in [-0.15, -0.1) is 0 Å². The van der Waals surface area contributed by atoms with Crippen LogP contribution in [-0.2, 0) is 11.2 Å². The summed E-state index contributed by atoms with van der Waals surface area (Å²) in [5.74, 6) is 0.811. The van der Waals surface area contributed by atoms with Gasteiger partial charge in [0.15, 0.2) is 0 Å². The number of rotatable bonds is 5. The van der Waals surface area contributed by atoms with E-state index in [1.807, 2.05) is 12.1 Å². The van der Waals surface area contributed by atoms with Crippen molar-refractivity contribution in [1.29, 1.82) is 0 Å². The van der Waals surface area contributed by atoms with Crippen LogP contribution in [0.4, 0.5) is 0 Å². The molecule has 0 aliphatic carbocycles. The molecule has 2 N–H and O–H groups in total. The van der Waals surface area contributed by atoms with E-state index in [1.165, 1.54) is 21.9 Å². The highest BCUT2D eigenvalue weighted by atomic mass is 16.5. The van der Waals surface area contributed by atoms with E-state index in [2.05, 4.69) is 58.8 Å². The predicted molar refractivity (Wildman–Crippen MR) is 110 cm³/mol. The summed E-state index contributed by atoms with van der Waals surface area (Å²) >= 11 is 0. The Morgan fingerprint density at radius 2 is 1.85 bits per heavy atom. The zero-order valence-electron chi connectivity index (χ0n) is 15.5. The first kappa shape index (κ1) is 17.2. The molecular weight excluding hydrogens is 336 g/mol. The van der Waals surface area contributed by atoms with Gasteiger partial charge in [0.1, 0.15) is 5.75 Å². The highest BCUT2D eigenvalue weighted by molar-refractivity contribution is 6.01. The van der Waals surface area contributed by atoms with E-state index >= 15 is 0 Å². The molecule has 3 aromatic carbocycles. The fourth-order valence-electron chi connectivity index (χ4n) is 3.65. The van der Waals surface area contributed by atoms with Gasteiger partial charge < -0.3 is 15.0 Å². The van der Waals surface area contributed by atoms with Crippen molar-refractivity contribution in [3.05, 3.63) is 66.2 Å². The van der Waals surface area contributed by atoms with E-state index in [0.29, 0.717) is 6.54 Å². The highest BCUT2D eigenvalue weighted by Gasteiger charge is 2.16. The van der Waals surface area contributed by atoms with Crippen LogP contribution in [0.5, 0.6) is 5.75 Å². The van der Waals surface area contributed by atoms with E-state index in [9.17, 15) is 4.79 Å². The molecule has 0 saturated heterocycles. The number of carbonyl (C=O) groups excluding carboxylic acids is 1. The van der Waals surface area contributed by atoms with Crippen molar-refractivity contribution in [2.24, 2.45) is 0 Å². The van der Waals surface area contributed by atoms with E-state index in [1.54, 1.807) is 14.0 Å². The first-order valence-electron chi connectivity index (χ1n) is 9.08. The number of nitrogens with one attached hydrogen (secondary N) is 2. The predicted octanol–water partition coefficient (Wildman–Crippen LogP) is 4.68. The smallest absolute Gasteiger partial charge is 0.216 e. The summed E-state index contributed by atoms with van der Waals surface area (Å²) in [6, 6.07) is 20.8. The van der Waals surface area contributed by atoms with E-state index in [4.69, 9.17) is 4.74 Å². The molecule has 1 heterocycles. The molecule has 0 unspecified atom stereocenters. The summed E-state index contributed by atoms with van der Waals surface area (Å²) in [6.45, 7) is 2.14. The quantitative estimate of drug-likeness (QED) is 0.544. The summed E-state index contributed by atoms with van der Waals surface area (Å²) in [6.07, 6.45) is 0.741. The van der Waals surface area contributed by atoms with Crippen LogP contribution in [-0.4, -0.2) is 24.5 Å². The Balaban J connectivity index is 1.91. The number of hydrogen-bond donors (Lipinski definition) is 2. The maximum atomic E-state index is 11.3. The van der Waals surface area contributed by atoms with Crippen molar-refractivity contribution in [2.75, 3.05) is 13.7 Å². The standard InChI is InChI=1S/C23H22N2O2/c1-15(26)24-13-12-20-21-14-17(27-2)10-11-22(21)25-23(20)19-9-5-7-16-6-3-4-8-18(16)19/h3-11,14,25H,12-13H2,1-2H3,(H,24,26). The van der Waals surface area contributed by atoms with Gasteiger partial charge in [-0.1, -0.05) is 42.5 Å². The van der Waals surface area contributed by atoms with Crippen LogP contribution in [0.15, 0.2) is 60.7 Å². The van der Waals surface area contributed by atoms with Gasteiger partial charge in [-0.25, -0.2) is 0 Å². The van der Waals surface area contributed by atoms with Crippen LogP contribution in [0.1, 0.15) is 12.5 Å². The first-order valence-corrected chi connectivity index (χ1v) is 9.08. The lowest BCUT2D eigenvalue weighted by Gasteiger charge is -2.09. The van der Waals surface area contributed by atoms with Crippen molar-refractivity contribution in [2.45, 2.75) is 13.3 Å². The summed E-state index contributed by atoms with van der Waals surface area (Å²) in [5.41, 5.74) is 4.52. The minimum Gasteiger partial charge on any atom is -0.497 e.